The third-order valence-electron chi connectivity index (χ3n) is 5.74. The molecule has 0 spiro atoms. The van der Waals surface area contributed by atoms with Crippen molar-refractivity contribution < 1.29 is 14.3 Å². The van der Waals surface area contributed by atoms with Crippen molar-refractivity contribution in [2.75, 3.05) is 26.8 Å². The second-order valence-corrected chi connectivity index (χ2v) is 7.81. The summed E-state index contributed by atoms with van der Waals surface area (Å²) in [5, 5.41) is 0. The van der Waals surface area contributed by atoms with Crippen molar-refractivity contribution in [2.24, 2.45) is 0 Å². The molecule has 160 valence electrons. The van der Waals surface area contributed by atoms with E-state index in [1.165, 1.54) is 11.1 Å². The zero-order valence-corrected chi connectivity index (χ0v) is 18.2. The molecule has 6 heteroatoms. The molecular formula is C25H27N3O3. The lowest BCUT2D eigenvalue weighted by atomic mass is 10.0. The van der Waals surface area contributed by atoms with Crippen molar-refractivity contribution in [3.63, 3.8) is 0 Å². The first-order chi connectivity index (χ1) is 15.0. The van der Waals surface area contributed by atoms with Crippen LogP contribution in [-0.2, 0) is 16.0 Å². The zero-order chi connectivity index (χ0) is 21.8. The summed E-state index contributed by atoms with van der Waals surface area (Å²) in [6.45, 7) is 5.67. The van der Waals surface area contributed by atoms with E-state index in [1.54, 1.807) is 19.5 Å². The molecule has 0 bridgehead atoms. The molecule has 31 heavy (non-hydrogen) atoms. The summed E-state index contributed by atoms with van der Waals surface area (Å²) in [4.78, 5) is 24.0. The molecule has 2 heterocycles. The van der Waals surface area contributed by atoms with Crippen LogP contribution in [0.15, 0.2) is 54.9 Å². The van der Waals surface area contributed by atoms with Gasteiger partial charge in [-0.3, -0.25) is 14.8 Å². The Morgan fingerprint density at radius 1 is 1.10 bits per heavy atom. The van der Waals surface area contributed by atoms with Crippen LogP contribution in [0.4, 0.5) is 0 Å². The predicted molar refractivity (Wildman–Crippen MR) is 119 cm³/mol. The summed E-state index contributed by atoms with van der Waals surface area (Å²) in [6, 6.07) is 13.9. The van der Waals surface area contributed by atoms with Gasteiger partial charge < -0.3 is 14.4 Å². The molecule has 0 radical (unpaired) electrons. The van der Waals surface area contributed by atoms with E-state index in [0.29, 0.717) is 26.1 Å². The number of hydrogen-bond acceptors (Lipinski definition) is 5. The lowest BCUT2D eigenvalue weighted by Crippen LogP contribution is -2.43. The first kappa shape index (κ1) is 21.0. The molecule has 1 aromatic heterocycles. The van der Waals surface area contributed by atoms with Gasteiger partial charge in [-0.1, -0.05) is 18.2 Å². The van der Waals surface area contributed by atoms with Crippen LogP contribution in [0.5, 0.6) is 5.75 Å². The van der Waals surface area contributed by atoms with Gasteiger partial charge in [-0.15, -0.1) is 0 Å². The lowest BCUT2D eigenvalue weighted by molar-refractivity contribution is -0.138. The highest BCUT2D eigenvalue weighted by Crippen LogP contribution is 2.30. The first-order valence-corrected chi connectivity index (χ1v) is 10.5. The smallest absolute Gasteiger partial charge is 0.227 e. The fourth-order valence-corrected chi connectivity index (χ4v) is 3.80. The number of carbonyl (C=O) groups is 1. The van der Waals surface area contributed by atoms with Gasteiger partial charge in [-0.05, 0) is 54.8 Å². The van der Waals surface area contributed by atoms with Crippen molar-refractivity contribution in [2.45, 2.75) is 26.4 Å². The molecule has 0 unspecified atom stereocenters. The van der Waals surface area contributed by atoms with Crippen LogP contribution >= 0.6 is 0 Å². The second-order valence-electron chi connectivity index (χ2n) is 7.81. The normalized spacial score (nSPS) is 16.2. The molecule has 0 aliphatic carbocycles. The average molecular weight is 418 g/mol. The molecule has 2 aromatic carbocycles. The van der Waals surface area contributed by atoms with Crippen molar-refractivity contribution in [3.05, 3.63) is 77.2 Å². The first-order valence-electron chi connectivity index (χ1n) is 10.5. The molecule has 1 atom stereocenters. The van der Waals surface area contributed by atoms with Crippen molar-refractivity contribution in [1.82, 2.24) is 14.9 Å². The molecule has 1 fully saturated rings. The van der Waals surface area contributed by atoms with E-state index in [1.807, 2.05) is 35.2 Å². The Bertz CT molecular complexity index is 1070. The van der Waals surface area contributed by atoms with Gasteiger partial charge in [-0.2, -0.15) is 0 Å². The maximum atomic E-state index is 13.0. The number of benzene rings is 2. The van der Waals surface area contributed by atoms with Crippen LogP contribution in [0.2, 0.25) is 0 Å². The van der Waals surface area contributed by atoms with Crippen LogP contribution in [0, 0.1) is 13.8 Å². The molecule has 1 aliphatic rings. The van der Waals surface area contributed by atoms with Crippen molar-refractivity contribution in [3.8, 4) is 17.0 Å². The number of aromatic nitrogens is 2. The number of hydrogen-bond donors (Lipinski definition) is 0. The Balaban J connectivity index is 1.52. The number of rotatable bonds is 5. The molecule has 0 N–H and O–H groups in total. The van der Waals surface area contributed by atoms with E-state index in [-0.39, 0.29) is 12.0 Å². The minimum atomic E-state index is -0.316. The van der Waals surface area contributed by atoms with Gasteiger partial charge >= 0.3 is 0 Å². The molecule has 3 aromatic rings. The van der Waals surface area contributed by atoms with E-state index in [0.717, 1.165) is 28.3 Å². The van der Waals surface area contributed by atoms with Gasteiger partial charge in [0.25, 0.3) is 0 Å². The number of amides is 1. The summed E-state index contributed by atoms with van der Waals surface area (Å²) in [6.07, 6.45) is 3.42. The SMILES string of the molecule is COc1ccc(-c2nccnc2[C@H]2CN(C(=O)Cc3ccc(C)c(C)c3)CCO2)cc1. The van der Waals surface area contributed by atoms with Crippen molar-refractivity contribution in [1.29, 1.82) is 0 Å². The summed E-state index contributed by atoms with van der Waals surface area (Å²) in [5.41, 5.74) is 5.92. The van der Waals surface area contributed by atoms with Gasteiger partial charge in [0.1, 0.15) is 11.9 Å². The molecular weight excluding hydrogens is 390 g/mol. The van der Waals surface area contributed by atoms with Crippen LogP contribution in [0.25, 0.3) is 11.3 Å². The topological polar surface area (TPSA) is 64.6 Å². The number of methoxy groups -OCH3 is 1. The average Bonchev–Trinajstić information content (AvgIpc) is 2.81. The van der Waals surface area contributed by atoms with E-state index in [9.17, 15) is 4.79 Å². The Morgan fingerprint density at radius 2 is 1.87 bits per heavy atom. The quantitative estimate of drug-likeness (QED) is 0.630. The Hall–Kier alpha value is -3.25. The molecule has 4 rings (SSSR count). The molecule has 1 aliphatic heterocycles. The number of aryl methyl sites for hydroxylation is 2. The van der Waals surface area contributed by atoms with Crippen LogP contribution in [-0.4, -0.2) is 47.6 Å². The van der Waals surface area contributed by atoms with E-state index in [2.05, 4.69) is 35.9 Å². The zero-order valence-electron chi connectivity index (χ0n) is 18.2. The van der Waals surface area contributed by atoms with Gasteiger partial charge in [-0.25, -0.2) is 0 Å². The molecule has 1 amide bonds. The minimum absolute atomic E-state index is 0.103. The number of morpholine rings is 1. The molecule has 1 saturated heterocycles. The molecule has 0 saturated carbocycles. The number of ether oxygens (including phenoxy) is 2. The summed E-state index contributed by atoms with van der Waals surface area (Å²) in [5.74, 6) is 0.887. The molecule has 6 nitrogen and oxygen atoms in total. The third-order valence-corrected chi connectivity index (χ3v) is 5.74. The van der Waals surface area contributed by atoms with Gasteiger partial charge in [0, 0.05) is 24.5 Å². The van der Waals surface area contributed by atoms with E-state index >= 15 is 0 Å². The summed E-state index contributed by atoms with van der Waals surface area (Å²) < 4.78 is 11.3. The lowest BCUT2D eigenvalue weighted by Gasteiger charge is -2.33. The van der Waals surface area contributed by atoms with Crippen LogP contribution < -0.4 is 4.74 Å². The largest absolute Gasteiger partial charge is 0.497 e. The summed E-state index contributed by atoms with van der Waals surface area (Å²) >= 11 is 0. The van der Waals surface area contributed by atoms with Gasteiger partial charge in [0.2, 0.25) is 5.91 Å². The predicted octanol–water partition coefficient (Wildman–Crippen LogP) is 3.91. The maximum absolute atomic E-state index is 13.0. The third kappa shape index (κ3) is 4.75. The monoisotopic (exact) mass is 417 g/mol. The van der Waals surface area contributed by atoms with Crippen LogP contribution in [0.3, 0.4) is 0 Å². The highest BCUT2D eigenvalue weighted by molar-refractivity contribution is 5.79. The van der Waals surface area contributed by atoms with Crippen LogP contribution in [0.1, 0.15) is 28.5 Å². The Kier molecular flexibility index (Phi) is 6.28. The fraction of sp³-hybridized carbons (Fsp3) is 0.320. The Morgan fingerprint density at radius 3 is 2.61 bits per heavy atom. The fourth-order valence-electron chi connectivity index (χ4n) is 3.80. The number of carbonyl (C=O) groups excluding carboxylic acids is 1. The Labute approximate surface area is 182 Å². The van der Waals surface area contributed by atoms with E-state index < -0.39 is 0 Å². The minimum Gasteiger partial charge on any atom is -0.497 e. The highest BCUT2D eigenvalue weighted by Gasteiger charge is 2.28. The standard InChI is InChI=1S/C25H27N3O3/c1-17-4-5-19(14-18(17)2)15-23(29)28-12-13-31-22(16-28)25-24(26-10-11-27-25)20-6-8-21(30-3)9-7-20/h4-11,14,22H,12-13,15-16H2,1-3H3/t22-/m1/s1. The summed E-state index contributed by atoms with van der Waals surface area (Å²) in [7, 11) is 1.64. The van der Waals surface area contributed by atoms with E-state index in [4.69, 9.17) is 9.47 Å². The maximum Gasteiger partial charge on any atom is 0.227 e. The van der Waals surface area contributed by atoms with Gasteiger partial charge in [0.05, 0.1) is 38.1 Å². The second kappa shape index (κ2) is 9.27. The van der Waals surface area contributed by atoms with Gasteiger partial charge in [0.15, 0.2) is 0 Å². The van der Waals surface area contributed by atoms with Crippen molar-refractivity contribution >= 4 is 5.91 Å². The number of nitrogens with zero attached hydrogens (tertiary/aromatic N) is 3. The highest BCUT2D eigenvalue weighted by atomic mass is 16.5.